The number of halogens is 5. The van der Waals surface area contributed by atoms with Gasteiger partial charge in [0.2, 0.25) is 0 Å². The Hall–Kier alpha value is 0.170. The Morgan fingerprint density at radius 2 is 1.90 bits per heavy atom. The molecule has 1 aromatic heterocycles. The topological polar surface area (TPSA) is 37.4 Å². The lowest BCUT2D eigenvalue weighted by Gasteiger charge is -2.31. The summed E-state index contributed by atoms with van der Waals surface area (Å²) in [5.74, 6) is -1.42. The van der Waals surface area contributed by atoms with Crippen molar-refractivity contribution in [3.05, 3.63) is 14.9 Å². The van der Waals surface area contributed by atoms with E-state index in [2.05, 4.69) is 15.9 Å². The molecule has 1 aliphatic heterocycles. The first kappa shape index (κ1) is 16.5. The van der Waals surface area contributed by atoms with Crippen molar-refractivity contribution in [3.63, 3.8) is 0 Å². The molecule has 1 aliphatic rings. The van der Waals surface area contributed by atoms with Crippen LogP contribution in [0.25, 0.3) is 0 Å². The van der Waals surface area contributed by atoms with Crippen molar-refractivity contribution in [2.24, 2.45) is 5.92 Å². The molecule has 0 N–H and O–H groups in total. The standard InChI is InChI=1S/C10H10BrClF3NO2S2/c11-9-7(12)5-8(19-9)20(17,18)16-3-1-6(2-4-16)10(13,14)15/h5-6H,1-4H2. The van der Waals surface area contributed by atoms with Gasteiger partial charge in [-0.25, -0.2) is 8.42 Å². The first-order valence-electron chi connectivity index (χ1n) is 5.64. The molecular formula is C10H10BrClF3NO2S2. The molecule has 114 valence electrons. The van der Waals surface area contributed by atoms with Crippen LogP contribution >= 0.6 is 38.9 Å². The number of alkyl halides is 3. The van der Waals surface area contributed by atoms with Crippen LogP contribution in [0.4, 0.5) is 13.2 Å². The number of thiophene rings is 1. The van der Waals surface area contributed by atoms with Gasteiger partial charge in [0, 0.05) is 13.1 Å². The average molecular weight is 413 g/mol. The summed E-state index contributed by atoms with van der Waals surface area (Å²) in [7, 11) is -3.76. The number of rotatable bonds is 2. The van der Waals surface area contributed by atoms with Crippen LogP contribution in [0, 0.1) is 5.92 Å². The molecule has 0 unspecified atom stereocenters. The Labute approximate surface area is 131 Å². The van der Waals surface area contributed by atoms with E-state index in [1.807, 2.05) is 0 Å². The van der Waals surface area contributed by atoms with E-state index in [-0.39, 0.29) is 35.2 Å². The molecule has 0 aromatic carbocycles. The minimum absolute atomic E-state index is 0.0415. The van der Waals surface area contributed by atoms with Crippen molar-refractivity contribution in [1.29, 1.82) is 0 Å². The van der Waals surface area contributed by atoms with Crippen LogP contribution in [0.15, 0.2) is 14.1 Å². The molecule has 0 aliphatic carbocycles. The van der Waals surface area contributed by atoms with E-state index in [9.17, 15) is 21.6 Å². The lowest BCUT2D eigenvalue weighted by atomic mass is 9.98. The minimum atomic E-state index is -4.26. The predicted octanol–water partition coefficient (Wildman–Crippen LogP) is 4.13. The van der Waals surface area contributed by atoms with Gasteiger partial charge in [0.25, 0.3) is 10.0 Å². The van der Waals surface area contributed by atoms with Gasteiger partial charge in [-0.15, -0.1) is 11.3 Å². The summed E-state index contributed by atoms with van der Waals surface area (Å²) in [5, 5.41) is 0.277. The fraction of sp³-hybridized carbons (Fsp3) is 0.600. The fourth-order valence-electron chi connectivity index (χ4n) is 2.00. The van der Waals surface area contributed by atoms with E-state index in [4.69, 9.17) is 11.6 Å². The second-order valence-electron chi connectivity index (χ2n) is 4.41. The maximum Gasteiger partial charge on any atom is 0.391 e. The van der Waals surface area contributed by atoms with Crippen molar-refractivity contribution >= 4 is 48.9 Å². The molecule has 0 amide bonds. The van der Waals surface area contributed by atoms with E-state index in [0.717, 1.165) is 15.6 Å². The summed E-state index contributed by atoms with van der Waals surface area (Å²) in [6.45, 7) is -0.251. The van der Waals surface area contributed by atoms with E-state index in [0.29, 0.717) is 3.79 Å². The molecule has 1 fully saturated rings. The molecule has 2 rings (SSSR count). The zero-order chi connectivity index (χ0) is 15.1. The average Bonchev–Trinajstić information content (AvgIpc) is 2.69. The smallest absolute Gasteiger partial charge is 0.206 e. The van der Waals surface area contributed by atoms with Crippen molar-refractivity contribution in [2.75, 3.05) is 13.1 Å². The highest BCUT2D eigenvalue weighted by Gasteiger charge is 2.43. The molecular weight excluding hydrogens is 403 g/mol. The van der Waals surface area contributed by atoms with Crippen molar-refractivity contribution in [3.8, 4) is 0 Å². The molecule has 1 aromatic rings. The third-order valence-electron chi connectivity index (χ3n) is 3.13. The van der Waals surface area contributed by atoms with Crippen LogP contribution < -0.4 is 0 Å². The summed E-state index contributed by atoms with van der Waals surface area (Å²) < 4.78 is 63.9. The maximum absolute atomic E-state index is 12.6. The second kappa shape index (κ2) is 5.75. The highest BCUT2D eigenvalue weighted by molar-refractivity contribution is 9.11. The number of piperidine rings is 1. The summed E-state index contributed by atoms with van der Waals surface area (Å²) in [6.07, 6.45) is -4.67. The van der Waals surface area contributed by atoms with Gasteiger partial charge in [0.05, 0.1) is 14.7 Å². The highest BCUT2D eigenvalue weighted by Crippen LogP contribution is 2.39. The Bertz CT molecular complexity index is 575. The highest BCUT2D eigenvalue weighted by atomic mass is 79.9. The van der Waals surface area contributed by atoms with E-state index in [1.165, 1.54) is 6.07 Å². The van der Waals surface area contributed by atoms with E-state index >= 15 is 0 Å². The summed E-state index contributed by atoms with van der Waals surface area (Å²) in [5.41, 5.74) is 0. The molecule has 0 saturated carbocycles. The first-order chi connectivity index (χ1) is 9.12. The van der Waals surface area contributed by atoms with Crippen LogP contribution in [0.1, 0.15) is 12.8 Å². The van der Waals surface area contributed by atoms with Gasteiger partial charge in [-0.2, -0.15) is 17.5 Å². The molecule has 0 atom stereocenters. The molecule has 3 nitrogen and oxygen atoms in total. The van der Waals surface area contributed by atoms with Crippen LogP contribution in [-0.4, -0.2) is 32.0 Å². The Morgan fingerprint density at radius 3 is 2.30 bits per heavy atom. The largest absolute Gasteiger partial charge is 0.391 e. The molecule has 0 bridgehead atoms. The third kappa shape index (κ3) is 3.32. The number of sulfonamides is 1. The quantitative estimate of drug-likeness (QED) is 0.732. The van der Waals surface area contributed by atoms with Crippen molar-refractivity contribution < 1.29 is 21.6 Å². The number of nitrogens with zero attached hydrogens (tertiary/aromatic N) is 1. The fourth-order valence-corrected chi connectivity index (χ4v) is 6.03. The summed E-state index contributed by atoms with van der Waals surface area (Å²) in [4.78, 5) is 0. The Morgan fingerprint density at radius 1 is 1.35 bits per heavy atom. The molecule has 1 saturated heterocycles. The normalized spacial score (nSPS) is 19.4. The maximum atomic E-state index is 12.6. The van der Waals surface area contributed by atoms with E-state index in [1.54, 1.807) is 0 Å². The van der Waals surface area contributed by atoms with Gasteiger partial charge in [-0.3, -0.25) is 0 Å². The van der Waals surface area contributed by atoms with Crippen molar-refractivity contribution in [2.45, 2.75) is 23.2 Å². The zero-order valence-corrected chi connectivity index (χ0v) is 13.9. The van der Waals surface area contributed by atoms with Gasteiger partial charge < -0.3 is 0 Å². The van der Waals surface area contributed by atoms with E-state index < -0.39 is 22.1 Å². The zero-order valence-electron chi connectivity index (χ0n) is 9.95. The van der Waals surface area contributed by atoms with Crippen LogP contribution in [0.2, 0.25) is 5.02 Å². The second-order valence-corrected chi connectivity index (χ2v) is 9.35. The van der Waals surface area contributed by atoms with Crippen LogP contribution in [-0.2, 0) is 10.0 Å². The summed E-state index contributed by atoms with van der Waals surface area (Å²) in [6, 6.07) is 1.31. The third-order valence-corrected chi connectivity index (χ3v) is 7.96. The lowest BCUT2D eigenvalue weighted by Crippen LogP contribution is -2.41. The molecule has 2 heterocycles. The monoisotopic (exact) mass is 411 g/mol. The minimum Gasteiger partial charge on any atom is -0.206 e. The van der Waals surface area contributed by atoms with Gasteiger partial charge in [0.1, 0.15) is 4.21 Å². The predicted molar refractivity (Wildman–Crippen MR) is 74.6 cm³/mol. The number of hydrogen-bond acceptors (Lipinski definition) is 3. The van der Waals surface area contributed by atoms with Crippen molar-refractivity contribution in [1.82, 2.24) is 4.31 Å². The molecule has 10 heteroatoms. The van der Waals surface area contributed by atoms with Gasteiger partial charge in [0.15, 0.2) is 0 Å². The number of hydrogen-bond donors (Lipinski definition) is 0. The van der Waals surface area contributed by atoms with Crippen LogP contribution in [0.3, 0.4) is 0 Å². The van der Waals surface area contributed by atoms with Gasteiger partial charge in [-0.05, 0) is 34.8 Å². The molecule has 20 heavy (non-hydrogen) atoms. The van der Waals surface area contributed by atoms with Gasteiger partial charge in [-0.1, -0.05) is 11.6 Å². The molecule has 0 radical (unpaired) electrons. The summed E-state index contributed by atoms with van der Waals surface area (Å²) >= 11 is 9.87. The van der Waals surface area contributed by atoms with Gasteiger partial charge >= 0.3 is 6.18 Å². The first-order valence-corrected chi connectivity index (χ1v) is 9.07. The molecule has 0 spiro atoms. The Balaban J connectivity index is 2.13. The SMILES string of the molecule is O=S(=O)(c1cc(Cl)c(Br)s1)N1CCC(C(F)(F)F)CC1. The Kier molecular flexibility index (Phi) is 4.76. The lowest BCUT2D eigenvalue weighted by molar-refractivity contribution is -0.182. The van der Waals surface area contributed by atoms with Crippen LogP contribution in [0.5, 0.6) is 0 Å².